The number of sulfone groups is 1. The molecule has 0 heterocycles. The highest BCUT2D eigenvalue weighted by Gasteiger charge is 2.37. The first-order valence-electron chi connectivity index (χ1n) is 5.22. The summed E-state index contributed by atoms with van der Waals surface area (Å²) in [7, 11) is -3.58. The second-order valence-electron chi connectivity index (χ2n) is 4.66. The van der Waals surface area contributed by atoms with Crippen LogP contribution in [0, 0.1) is 11.6 Å². The average molecular weight is 276 g/mol. The van der Waals surface area contributed by atoms with Crippen molar-refractivity contribution in [1.29, 1.82) is 0 Å². The lowest BCUT2D eigenvalue weighted by Gasteiger charge is -2.20. The fourth-order valence-electron chi connectivity index (χ4n) is 1.32. The maximum absolute atomic E-state index is 12.9. The molecule has 0 N–H and O–H groups in total. The molecule has 0 aromatic heterocycles. The van der Waals surface area contributed by atoms with Crippen LogP contribution in [0.15, 0.2) is 18.2 Å². The fraction of sp³-hybridized carbons (Fsp3) is 0.417. The van der Waals surface area contributed by atoms with Gasteiger partial charge in [-0.2, -0.15) is 0 Å². The molecule has 0 aliphatic heterocycles. The van der Waals surface area contributed by atoms with Gasteiger partial charge in [-0.1, -0.05) is 0 Å². The Bertz CT molecular complexity index is 557. The van der Waals surface area contributed by atoms with Crippen LogP contribution >= 0.6 is 0 Å². The van der Waals surface area contributed by atoms with Gasteiger partial charge in [0.1, 0.15) is 16.4 Å². The minimum atomic E-state index is -3.58. The standard InChI is InChI=1S/C12H14F2O3S/c1-12(2,18(3,16)17)11(15)6-8-4-9(13)7-10(14)5-8/h4-5,7H,6H2,1-3H3. The normalized spacial score (nSPS) is 12.5. The van der Waals surface area contributed by atoms with Gasteiger partial charge >= 0.3 is 0 Å². The van der Waals surface area contributed by atoms with E-state index in [4.69, 9.17) is 0 Å². The van der Waals surface area contributed by atoms with Crippen molar-refractivity contribution in [3.8, 4) is 0 Å². The molecular weight excluding hydrogens is 262 g/mol. The SMILES string of the molecule is CC(C)(C(=O)Cc1cc(F)cc(F)c1)S(C)(=O)=O. The van der Waals surface area contributed by atoms with Crippen LogP contribution in [0.5, 0.6) is 0 Å². The molecule has 0 bridgehead atoms. The van der Waals surface area contributed by atoms with Crippen molar-refractivity contribution in [2.45, 2.75) is 25.0 Å². The Morgan fingerprint density at radius 2 is 1.61 bits per heavy atom. The molecule has 0 saturated heterocycles. The van der Waals surface area contributed by atoms with Crippen LogP contribution in [-0.2, 0) is 21.1 Å². The number of carbonyl (C=O) groups excluding carboxylic acids is 1. The van der Waals surface area contributed by atoms with Crippen LogP contribution in [0.2, 0.25) is 0 Å². The van der Waals surface area contributed by atoms with Crippen molar-refractivity contribution >= 4 is 15.6 Å². The Morgan fingerprint density at radius 3 is 2.00 bits per heavy atom. The number of hydrogen-bond donors (Lipinski definition) is 0. The number of benzene rings is 1. The summed E-state index contributed by atoms with van der Waals surface area (Å²) in [5.41, 5.74) is 0.120. The van der Waals surface area contributed by atoms with E-state index in [1.165, 1.54) is 13.8 Å². The summed E-state index contributed by atoms with van der Waals surface area (Å²) < 4.78 is 47.2. The van der Waals surface area contributed by atoms with Gasteiger partial charge in [0.15, 0.2) is 15.6 Å². The molecule has 0 aliphatic carbocycles. The molecule has 6 heteroatoms. The third kappa shape index (κ3) is 3.13. The smallest absolute Gasteiger partial charge is 0.159 e. The number of carbonyl (C=O) groups is 1. The quantitative estimate of drug-likeness (QED) is 0.844. The lowest BCUT2D eigenvalue weighted by molar-refractivity contribution is -0.120. The molecule has 0 atom stereocenters. The monoisotopic (exact) mass is 276 g/mol. The minimum absolute atomic E-state index is 0.120. The maximum atomic E-state index is 12.9. The number of hydrogen-bond acceptors (Lipinski definition) is 3. The zero-order valence-electron chi connectivity index (χ0n) is 10.3. The van der Waals surface area contributed by atoms with Crippen molar-refractivity contribution in [3.63, 3.8) is 0 Å². The lowest BCUT2D eigenvalue weighted by atomic mass is 10.00. The molecular formula is C12H14F2O3S. The number of rotatable bonds is 4. The largest absolute Gasteiger partial charge is 0.298 e. The van der Waals surface area contributed by atoms with Gasteiger partial charge in [-0.25, -0.2) is 17.2 Å². The Hall–Kier alpha value is -1.30. The van der Waals surface area contributed by atoms with Gasteiger partial charge < -0.3 is 0 Å². The summed E-state index contributed by atoms with van der Waals surface area (Å²) in [4.78, 5) is 11.9. The molecule has 0 radical (unpaired) electrons. The van der Waals surface area contributed by atoms with E-state index in [2.05, 4.69) is 0 Å². The maximum Gasteiger partial charge on any atom is 0.159 e. The summed E-state index contributed by atoms with van der Waals surface area (Å²) in [6.07, 6.45) is 0.631. The van der Waals surface area contributed by atoms with Crippen LogP contribution in [0.3, 0.4) is 0 Å². The molecule has 100 valence electrons. The molecule has 0 spiro atoms. The predicted molar refractivity (Wildman–Crippen MR) is 64.0 cm³/mol. The predicted octanol–water partition coefficient (Wildman–Crippen LogP) is 1.90. The molecule has 1 rings (SSSR count). The van der Waals surface area contributed by atoms with Crippen molar-refractivity contribution in [1.82, 2.24) is 0 Å². The first-order valence-corrected chi connectivity index (χ1v) is 7.11. The highest BCUT2D eigenvalue weighted by atomic mass is 32.2. The second-order valence-corrected chi connectivity index (χ2v) is 7.23. The van der Waals surface area contributed by atoms with Gasteiger partial charge in [-0.05, 0) is 31.5 Å². The zero-order valence-corrected chi connectivity index (χ0v) is 11.1. The second kappa shape index (κ2) is 4.76. The lowest BCUT2D eigenvalue weighted by Crippen LogP contribution is -2.40. The van der Waals surface area contributed by atoms with E-state index in [1.807, 2.05) is 0 Å². The summed E-state index contributed by atoms with van der Waals surface area (Å²) >= 11 is 0. The third-order valence-electron chi connectivity index (χ3n) is 2.89. The van der Waals surface area contributed by atoms with Crippen molar-refractivity contribution in [2.24, 2.45) is 0 Å². The topological polar surface area (TPSA) is 51.2 Å². The van der Waals surface area contributed by atoms with Gasteiger partial charge in [0.2, 0.25) is 0 Å². The van der Waals surface area contributed by atoms with E-state index in [9.17, 15) is 22.0 Å². The van der Waals surface area contributed by atoms with Crippen molar-refractivity contribution in [3.05, 3.63) is 35.4 Å². The van der Waals surface area contributed by atoms with Crippen LogP contribution in [-0.4, -0.2) is 25.2 Å². The fourth-order valence-corrected chi connectivity index (χ4v) is 1.80. The molecule has 0 fully saturated rings. The van der Waals surface area contributed by atoms with E-state index in [-0.39, 0.29) is 12.0 Å². The van der Waals surface area contributed by atoms with Crippen molar-refractivity contribution in [2.75, 3.05) is 6.26 Å². The number of Topliss-reactive ketones (excluding diaryl/α,β-unsaturated/α-hetero) is 1. The van der Waals surface area contributed by atoms with E-state index < -0.39 is 32.0 Å². The highest BCUT2D eigenvalue weighted by molar-refractivity contribution is 7.92. The first-order chi connectivity index (χ1) is 8.04. The molecule has 3 nitrogen and oxygen atoms in total. The minimum Gasteiger partial charge on any atom is -0.298 e. The number of halogens is 2. The van der Waals surface area contributed by atoms with E-state index >= 15 is 0 Å². The van der Waals surface area contributed by atoms with Gasteiger partial charge in [0.25, 0.3) is 0 Å². The van der Waals surface area contributed by atoms with Crippen molar-refractivity contribution < 1.29 is 22.0 Å². The first kappa shape index (κ1) is 14.8. The van der Waals surface area contributed by atoms with Crippen LogP contribution in [0.4, 0.5) is 8.78 Å². The van der Waals surface area contributed by atoms with E-state index in [1.54, 1.807) is 0 Å². The summed E-state index contributed by atoms with van der Waals surface area (Å²) in [6, 6.07) is 2.72. The van der Waals surface area contributed by atoms with Gasteiger partial charge in [-0.15, -0.1) is 0 Å². The van der Waals surface area contributed by atoms with Gasteiger partial charge in [-0.3, -0.25) is 4.79 Å². The molecule has 1 aromatic rings. The van der Waals surface area contributed by atoms with Gasteiger partial charge in [0.05, 0.1) is 0 Å². The van der Waals surface area contributed by atoms with E-state index in [0.29, 0.717) is 6.07 Å². The Kier molecular flexibility index (Phi) is 3.90. The Labute approximate surface area is 105 Å². The molecule has 18 heavy (non-hydrogen) atoms. The average Bonchev–Trinajstić information content (AvgIpc) is 2.13. The molecule has 0 saturated carbocycles. The van der Waals surface area contributed by atoms with Crippen LogP contribution < -0.4 is 0 Å². The molecule has 1 aromatic carbocycles. The summed E-state index contributed by atoms with van der Waals surface area (Å²) in [5, 5.41) is 0. The third-order valence-corrected chi connectivity index (χ3v) is 4.97. The summed E-state index contributed by atoms with van der Waals surface area (Å²) in [6.45, 7) is 2.56. The summed E-state index contributed by atoms with van der Waals surface area (Å²) in [5.74, 6) is -2.19. The molecule has 0 aliphatic rings. The van der Waals surface area contributed by atoms with Crippen LogP contribution in [0.1, 0.15) is 19.4 Å². The van der Waals surface area contributed by atoms with Gasteiger partial charge in [0, 0.05) is 18.7 Å². The zero-order chi connectivity index (χ0) is 14.1. The Balaban J connectivity index is 3.02. The molecule has 0 amide bonds. The number of ketones is 1. The highest BCUT2D eigenvalue weighted by Crippen LogP contribution is 2.19. The molecule has 0 unspecified atom stereocenters. The van der Waals surface area contributed by atoms with E-state index in [0.717, 1.165) is 18.4 Å². The Morgan fingerprint density at radius 1 is 1.17 bits per heavy atom. The van der Waals surface area contributed by atoms with Crippen LogP contribution in [0.25, 0.3) is 0 Å².